The van der Waals surface area contributed by atoms with Gasteiger partial charge in [0, 0.05) is 5.92 Å². The second-order valence-corrected chi connectivity index (χ2v) is 4.78. The van der Waals surface area contributed by atoms with Crippen LogP contribution < -0.4 is 0 Å². The van der Waals surface area contributed by atoms with Crippen molar-refractivity contribution in [3.05, 3.63) is 35.9 Å². The van der Waals surface area contributed by atoms with Gasteiger partial charge in [-0.3, -0.25) is 4.79 Å². The Morgan fingerprint density at radius 2 is 1.89 bits per heavy atom. The van der Waals surface area contributed by atoms with Crippen LogP contribution >= 0.6 is 0 Å². The molecular weight excluding hydrogens is 244 g/mol. The number of aliphatic hydroxyl groups is 1. The molecule has 19 heavy (non-hydrogen) atoms. The van der Waals surface area contributed by atoms with Gasteiger partial charge in [-0.25, -0.2) is 0 Å². The van der Waals surface area contributed by atoms with Crippen LogP contribution in [-0.2, 0) is 20.9 Å². The van der Waals surface area contributed by atoms with E-state index in [1.54, 1.807) is 6.92 Å². The predicted octanol–water partition coefficient (Wildman–Crippen LogP) is 2.01. The summed E-state index contributed by atoms with van der Waals surface area (Å²) in [5, 5.41) is 10.0. The largest absolute Gasteiger partial charge is 0.469 e. The van der Waals surface area contributed by atoms with E-state index in [9.17, 15) is 9.90 Å². The second kappa shape index (κ2) is 7.92. The number of methoxy groups -OCH3 is 1. The van der Waals surface area contributed by atoms with E-state index in [4.69, 9.17) is 4.74 Å². The highest BCUT2D eigenvalue weighted by Crippen LogP contribution is 2.15. The first kappa shape index (κ1) is 15.7. The Balaban J connectivity index is 2.34. The van der Waals surface area contributed by atoms with Crippen molar-refractivity contribution in [1.82, 2.24) is 0 Å². The van der Waals surface area contributed by atoms with E-state index < -0.39 is 18.0 Å². The van der Waals surface area contributed by atoms with Gasteiger partial charge in [-0.1, -0.05) is 37.3 Å². The summed E-state index contributed by atoms with van der Waals surface area (Å²) in [6.07, 6.45) is -0.761. The van der Waals surface area contributed by atoms with E-state index in [1.807, 2.05) is 37.3 Å². The van der Waals surface area contributed by atoms with Crippen LogP contribution in [0.2, 0.25) is 0 Å². The van der Waals surface area contributed by atoms with Crippen LogP contribution in [-0.4, -0.2) is 30.9 Å². The highest BCUT2D eigenvalue weighted by molar-refractivity contribution is 5.72. The van der Waals surface area contributed by atoms with Crippen LogP contribution in [0.4, 0.5) is 0 Å². The van der Waals surface area contributed by atoms with Crippen LogP contribution in [0.5, 0.6) is 0 Å². The topological polar surface area (TPSA) is 55.8 Å². The first-order chi connectivity index (χ1) is 9.06. The van der Waals surface area contributed by atoms with Gasteiger partial charge in [0.05, 0.1) is 32.3 Å². The number of hydrogen-bond donors (Lipinski definition) is 1. The van der Waals surface area contributed by atoms with E-state index in [-0.39, 0.29) is 5.92 Å². The molecule has 0 spiro atoms. The van der Waals surface area contributed by atoms with Crippen molar-refractivity contribution in [2.45, 2.75) is 26.6 Å². The third kappa shape index (κ3) is 5.01. The van der Waals surface area contributed by atoms with E-state index in [0.717, 1.165) is 5.56 Å². The van der Waals surface area contributed by atoms with Gasteiger partial charge < -0.3 is 14.6 Å². The third-order valence-corrected chi connectivity index (χ3v) is 3.16. The van der Waals surface area contributed by atoms with Crippen LogP contribution in [0.15, 0.2) is 30.3 Å². The molecule has 0 bridgehead atoms. The third-order valence-electron chi connectivity index (χ3n) is 3.16. The molecule has 1 N–H and O–H groups in total. The average Bonchev–Trinajstić information content (AvgIpc) is 2.45. The molecule has 106 valence electrons. The van der Waals surface area contributed by atoms with Crippen LogP contribution in [0, 0.1) is 11.8 Å². The minimum absolute atomic E-state index is 0.127. The summed E-state index contributed by atoms with van der Waals surface area (Å²) in [7, 11) is 1.32. The fourth-order valence-electron chi connectivity index (χ4n) is 1.85. The predicted molar refractivity (Wildman–Crippen MR) is 72.4 cm³/mol. The molecule has 0 heterocycles. The number of carbonyl (C=O) groups is 1. The van der Waals surface area contributed by atoms with Gasteiger partial charge in [-0.15, -0.1) is 0 Å². The molecule has 4 heteroatoms. The van der Waals surface area contributed by atoms with Crippen molar-refractivity contribution in [3.8, 4) is 0 Å². The summed E-state index contributed by atoms with van der Waals surface area (Å²) in [5.41, 5.74) is 1.09. The Labute approximate surface area is 114 Å². The van der Waals surface area contributed by atoms with Crippen LogP contribution in [0.1, 0.15) is 19.4 Å². The molecule has 0 aromatic heterocycles. The Morgan fingerprint density at radius 3 is 2.47 bits per heavy atom. The van der Waals surface area contributed by atoms with Crippen molar-refractivity contribution in [2.24, 2.45) is 11.8 Å². The Kier molecular flexibility index (Phi) is 6.53. The number of benzene rings is 1. The normalized spacial score (nSPS) is 15.6. The summed E-state index contributed by atoms with van der Waals surface area (Å²) >= 11 is 0. The number of ether oxygens (including phenoxy) is 2. The van der Waals surface area contributed by atoms with Crippen molar-refractivity contribution < 1.29 is 19.4 Å². The SMILES string of the molecule is COC(=O)[C@@H](C)[C@@H](O)[C@@H](C)COCc1ccccc1. The maximum Gasteiger partial charge on any atom is 0.311 e. The smallest absolute Gasteiger partial charge is 0.311 e. The number of hydrogen-bond acceptors (Lipinski definition) is 4. The van der Waals surface area contributed by atoms with Gasteiger partial charge in [-0.2, -0.15) is 0 Å². The fraction of sp³-hybridized carbons (Fsp3) is 0.533. The van der Waals surface area contributed by atoms with E-state index in [1.165, 1.54) is 7.11 Å². The Hall–Kier alpha value is -1.39. The van der Waals surface area contributed by atoms with Crippen LogP contribution in [0.3, 0.4) is 0 Å². The summed E-state index contributed by atoms with van der Waals surface area (Å²) < 4.78 is 10.2. The molecule has 0 aliphatic rings. The lowest BCUT2D eigenvalue weighted by Gasteiger charge is -2.23. The number of esters is 1. The zero-order valence-electron chi connectivity index (χ0n) is 11.7. The molecule has 0 aliphatic heterocycles. The van der Waals surface area contributed by atoms with Gasteiger partial charge in [0.15, 0.2) is 0 Å². The van der Waals surface area contributed by atoms with Crippen molar-refractivity contribution in [2.75, 3.05) is 13.7 Å². The van der Waals surface area contributed by atoms with Crippen molar-refractivity contribution in [1.29, 1.82) is 0 Å². The van der Waals surface area contributed by atoms with Crippen molar-refractivity contribution >= 4 is 5.97 Å². The first-order valence-electron chi connectivity index (χ1n) is 6.43. The highest BCUT2D eigenvalue weighted by atomic mass is 16.5. The lowest BCUT2D eigenvalue weighted by Crippen LogP contribution is -2.34. The molecule has 0 aliphatic carbocycles. The Morgan fingerprint density at radius 1 is 1.26 bits per heavy atom. The molecule has 1 aromatic carbocycles. The zero-order valence-corrected chi connectivity index (χ0v) is 11.7. The van der Waals surface area contributed by atoms with Gasteiger partial charge in [0.1, 0.15) is 0 Å². The quantitative estimate of drug-likeness (QED) is 0.767. The molecule has 3 atom stereocenters. The summed E-state index contributed by atoms with van der Waals surface area (Å²) in [4.78, 5) is 11.3. The molecule has 0 fully saturated rings. The molecule has 4 nitrogen and oxygen atoms in total. The average molecular weight is 266 g/mol. The van der Waals surface area contributed by atoms with Gasteiger partial charge in [-0.05, 0) is 12.5 Å². The first-order valence-corrected chi connectivity index (χ1v) is 6.43. The number of carbonyl (C=O) groups excluding carboxylic acids is 1. The monoisotopic (exact) mass is 266 g/mol. The zero-order chi connectivity index (χ0) is 14.3. The van der Waals surface area contributed by atoms with Crippen LogP contribution in [0.25, 0.3) is 0 Å². The molecule has 1 rings (SSSR count). The van der Waals surface area contributed by atoms with E-state index in [0.29, 0.717) is 13.2 Å². The second-order valence-electron chi connectivity index (χ2n) is 4.78. The maximum atomic E-state index is 11.3. The van der Waals surface area contributed by atoms with Gasteiger partial charge >= 0.3 is 5.97 Å². The lowest BCUT2D eigenvalue weighted by molar-refractivity contribution is -0.150. The summed E-state index contributed by atoms with van der Waals surface area (Å²) in [6, 6.07) is 9.83. The van der Waals surface area contributed by atoms with E-state index in [2.05, 4.69) is 4.74 Å². The molecule has 0 unspecified atom stereocenters. The minimum atomic E-state index is -0.761. The minimum Gasteiger partial charge on any atom is -0.469 e. The molecule has 0 saturated heterocycles. The fourth-order valence-corrected chi connectivity index (χ4v) is 1.85. The van der Waals surface area contributed by atoms with Gasteiger partial charge in [0.2, 0.25) is 0 Å². The van der Waals surface area contributed by atoms with Crippen molar-refractivity contribution in [3.63, 3.8) is 0 Å². The molecule has 1 aromatic rings. The molecule has 0 saturated carbocycles. The standard InChI is InChI=1S/C15H22O4/c1-11(14(16)12(2)15(17)18-3)9-19-10-13-7-5-4-6-8-13/h4-8,11-12,14,16H,9-10H2,1-3H3/t11-,12-,14-/m0/s1. The highest BCUT2D eigenvalue weighted by Gasteiger charge is 2.27. The summed E-state index contributed by atoms with van der Waals surface area (Å²) in [5.74, 6) is -1.07. The Bertz CT molecular complexity index is 377. The molecular formula is C15H22O4. The molecule has 0 radical (unpaired) electrons. The number of aliphatic hydroxyl groups excluding tert-OH is 1. The maximum absolute atomic E-state index is 11.3. The lowest BCUT2D eigenvalue weighted by atomic mass is 9.94. The summed E-state index contributed by atoms with van der Waals surface area (Å²) in [6.45, 7) is 4.42. The van der Waals surface area contributed by atoms with E-state index >= 15 is 0 Å². The number of rotatable bonds is 7. The molecule has 0 amide bonds. The van der Waals surface area contributed by atoms with Gasteiger partial charge in [0.25, 0.3) is 0 Å².